The molecule has 0 saturated carbocycles. The SMILES string of the molecule is c1cncc(-c2ccc(-c3nc(-c4cc(-c5cccc6c5oc5ccccc56)cc(-c5cccc6c5oc5ccccc56)c4)nc(-c4cccc5c4sc4ccc6ccccc6c45)n3)cc2)c1. The molecule has 0 aliphatic heterocycles. The van der Waals surface area contributed by atoms with Gasteiger partial charge >= 0.3 is 0 Å². The minimum absolute atomic E-state index is 0.552. The van der Waals surface area contributed by atoms with Crippen molar-refractivity contribution in [2.75, 3.05) is 0 Å². The van der Waals surface area contributed by atoms with Gasteiger partial charge in [0.2, 0.25) is 0 Å². The number of para-hydroxylation sites is 4. The number of furan rings is 2. The summed E-state index contributed by atoms with van der Waals surface area (Å²) in [6.07, 6.45) is 3.67. The largest absolute Gasteiger partial charge is 0.455 e. The molecule has 67 heavy (non-hydrogen) atoms. The van der Waals surface area contributed by atoms with Gasteiger partial charge in [0.25, 0.3) is 0 Å². The van der Waals surface area contributed by atoms with Crippen LogP contribution < -0.4 is 0 Å². The van der Waals surface area contributed by atoms with Crippen LogP contribution in [0.3, 0.4) is 0 Å². The lowest BCUT2D eigenvalue weighted by atomic mass is 9.94. The quantitative estimate of drug-likeness (QED) is 0.166. The summed E-state index contributed by atoms with van der Waals surface area (Å²) in [5.74, 6) is 1.73. The molecule has 0 bridgehead atoms. The first kappa shape index (κ1) is 37.6. The second-order valence-corrected chi connectivity index (χ2v) is 18.0. The number of hydrogen-bond acceptors (Lipinski definition) is 7. The van der Waals surface area contributed by atoms with Gasteiger partial charge in [-0.25, -0.2) is 15.0 Å². The zero-order valence-corrected chi connectivity index (χ0v) is 36.5. The Kier molecular flexibility index (Phi) is 8.35. The van der Waals surface area contributed by atoms with Crippen molar-refractivity contribution in [1.29, 1.82) is 0 Å². The molecule has 0 radical (unpaired) electrons. The van der Waals surface area contributed by atoms with E-state index in [2.05, 4.69) is 169 Å². The standard InChI is InChI=1S/C60H34N4O2S/c1-2-13-42-36(11-1)28-29-53-54(42)49-20-9-21-50(57(49)67-53)60-63-58(37-26-24-35(25-27-37)38-12-10-30-61-34-38)62-59(64-60)41-32-39(43-16-7-18-47-45-14-3-5-22-51(45)65-55(43)47)31-40(33-41)44-17-8-19-48-46-15-4-6-23-52(46)66-56(44)48/h1-34H. The molecule has 0 atom stereocenters. The van der Waals surface area contributed by atoms with Gasteiger partial charge in [-0.3, -0.25) is 4.98 Å². The van der Waals surface area contributed by atoms with Crippen molar-refractivity contribution in [2.45, 2.75) is 0 Å². The number of aromatic nitrogens is 4. The highest BCUT2D eigenvalue weighted by atomic mass is 32.1. The van der Waals surface area contributed by atoms with Crippen LogP contribution in [-0.4, -0.2) is 19.9 Å². The Morgan fingerprint density at radius 1 is 0.358 bits per heavy atom. The van der Waals surface area contributed by atoms with Crippen molar-refractivity contribution < 1.29 is 8.83 Å². The van der Waals surface area contributed by atoms with Gasteiger partial charge in [-0.05, 0) is 81.6 Å². The predicted octanol–water partition coefficient (Wildman–Crippen LogP) is 16.6. The van der Waals surface area contributed by atoms with Crippen LogP contribution in [0.4, 0.5) is 0 Å². The van der Waals surface area contributed by atoms with E-state index in [-0.39, 0.29) is 0 Å². The van der Waals surface area contributed by atoms with E-state index in [1.807, 2.05) is 36.5 Å². The van der Waals surface area contributed by atoms with Crippen LogP contribution in [-0.2, 0) is 0 Å². The number of hydrogen-bond donors (Lipinski definition) is 0. The Balaban J connectivity index is 1.03. The van der Waals surface area contributed by atoms with Gasteiger partial charge in [0.15, 0.2) is 17.5 Å². The highest BCUT2D eigenvalue weighted by Gasteiger charge is 2.21. The summed E-state index contributed by atoms with van der Waals surface area (Å²) in [4.78, 5) is 20.5. The highest BCUT2D eigenvalue weighted by molar-refractivity contribution is 7.26. The third-order valence-corrected chi connectivity index (χ3v) is 14.2. The first-order valence-electron chi connectivity index (χ1n) is 22.3. The number of nitrogens with zero attached hydrogens (tertiary/aromatic N) is 4. The molecule has 312 valence electrons. The van der Waals surface area contributed by atoms with Crippen molar-refractivity contribution in [3.8, 4) is 67.5 Å². The third kappa shape index (κ3) is 6.09. The molecule has 0 N–H and O–H groups in total. The molecule has 0 aliphatic carbocycles. The summed E-state index contributed by atoms with van der Waals surface area (Å²) in [5.41, 5.74) is 12.0. The molecule has 0 fully saturated rings. The maximum Gasteiger partial charge on any atom is 0.165 e. The van der Waals surface area contributed by atoms with Gasteiger partial charge in [0.05, 0.1) is 0 Å². The molecule has 0 aliphatic rings. The Bertz CT molecular complexity index is 4150. The Morgan fingerprint density at radius 3 is 1.58 bits per heavy atom. The second kappa shape index (κ2) is 14.9. The van der Waals surface area contributed by atoms with E-state index in [0.29, 0.717) is 17.5 Å². The van der Waals surface area contributed by atoms with Crippen LogP contribution in [0, 0.1) is 0 Å². The minimum Gasteiger partial charge on any atom is -0.455 e. The predicted molar refractivity (Wildman–Crippen MR) is 275 cm³/mol. The molecule has 0 amide bonds. The molecule has 0 spiro atoms. The Labute approximate surface area is 387 Å². The monoisotopic (exact) mass is 874 g/mol. The molecule has 9 aromatic carbocycles. The fraction of sp³-hybridized carbons (Fsp3) is 0. The van der Waals surface area contributed by atoms with Crippen molar-refractivity contribution in [3.63, 3.8) is 0 Å². The van der Waals surface area contributed by atoms with Gasteiger partial charge in [0, 0.05) is 81.9 Å². The van der Waals surface area contributed by atoms with E-state index in [0.717, 1.165) is 98.6 Å². The lowest BCUT2D eigenvalue weighted by Crippen LogP contribution is -2.01. The lowest BCUT2D eigenvalue weighted by molar-refractivity contribution is 0.670. The average Bonchev–Trinajstić information content (AvgIpc) is 4.10. The number of rotatable bonds is 6. The summed E-state index contributed by atoms with van der Waals surface area (Å²) >= 11 is 1.78. The van der Waals surface area contributed by atoms with Gasteiger partial charge in [0.1, 0.15) is 22.3 Å². The third-order valence-electron chi connectivity index (χ3n) is 13.0. The number of benzene rings is 9. The van der Waals surface area contributed by atoms with E-state index < -0.39 is 0 Å². The summed E-state index contributed by atoms with van der Waals surface area (Å²) in [5, 5.41) is 9.15. The molecule has 5 aromatic heterocycles. The average molecular weight is 875 g/mol. The Hall–Kier alpha value is -8.78. The van der Waals surface area contributed by atoms with Crippen molar-refractivity contribution in [3.05, 3.63) is 207 Å². The normalized spacial score (nSPS) is 11.9. The topological polar surface area (TPSA) is 77.8 Å². The molecule has 5 heterocycles. The molecule has 14 aromatic rings. The first-order chi connectivity index (χ1) is 33.2. The van der Waals surface area contributed by atoms with E-state index >= 15 is 0 Å². The Morgan fingerprint density at radius 2 is 0.910 bits per heavy atom. The summed E-state index contributed by atoms with van der Waals surface area (Å²) in [7, 11) is 0. The van der Waals surface area contributed by atoms with Crippen LogP contribution in [0.1, 0.15) is 0 Å². The molecule has 0 unspecified atom stereocenters. The van der Waals surface area contributed by atoms with Gasteiger partial charge in [-0.15, -0.1) is 11.3 Å². The maximum absolute atomic E-state index is 6.66. The summed E-state index contributed by atoms with van der Waals surface area (Å²) < 4.78 is 15.7. The summed E-state index contributed by atoms with van der Waals surface area (Å²) in [6, 6.07) is 67.7. The summed E-state index contributed by atoms with van der Waals surface area (Å²) in [6.45, 7) is 0. The molecule has 6 nitrogen and oxygen atoms in total. The van der Waals surface area contributed by atoms with Crippen LogP contribution >= 0.6 is 11.3 Å². The van der Waals surface area contributed by atoms with Gasteiger partial charge in [-0.1, -0.05) is 146 Å². The fourth-order valence-electron chi connectivity index (χ4n) is 9.86. The molecular weight excluding hydrogens is 841 g/mol. The van der Waals surface area contributed by atoms with Crippen LogP contribution in [0.15, 0.2) is 215 Å². The fourth-order valence-corrected chi connectivity index (χ4v) is 11.1. The minimum atomic E-state index is 0.552. The van der Waals surface area contributed by atoms with Crippen molar-refractivity contribution in [2.24, 2.45) is 0 Å². The molecule has 7 heteroatoms. The van der Waals surface area contributed by atoms with Gasteiger partial charge < -0.3 is 8.83 Å². The molecule has 14 rings (SSSR count). The first-order valence-corrected chi connectivity index (χ1v) is 23.1. The number of thiophene rings is 1. The second-order valence-electron chi connectivity index (χ2n) is 16.9. The van der Waals surface area contributed by atoms with E-state index in [9.17, 15) is 0 Å². The van der Waals surface area contributed by atoms with E-state index in [4.69, 9.17) is 23.8 Å². The molecule has 0 saturated heterocycles. The zero-order chi connectivity index (χ0) is 44.0. The number of pyridine rings is 1. The van der Waals surface area contributed by atoms with Crippen molar-refractivity contribution in [1.82, 2.24) is 19.9 Å². The maximum atomic E-state index is 6.66. The zero-order valence-electron chi connectivity index (χ0n) is 35.6. The van der Waals surface area contributed by atoms with Crippen LogP contribution in [0.5, 0.6) is 0 Å². The number of fused-ring (bicyclic) bond motifs is 11. The van der Waals surface area contributed by atoms with E-state index in [1.165, 1.54) is 26.2 Å². The van der Waals surface area contributed by atoms with Crippen LogP contribution in [0.2, 0.25) is 0 Å². The van der Waals surface area contributed by atoms with Crippen LogP contribution in [0.25, 0.3) is 142 Å². The van der Waals surface area contributed by atoms with E-state index in [1.54, 1.807) is 17.5 Å². The lowest BCUT2D eigenvalue weighted by Gasteiger charge is -2.13. The van der Waals surface area contributed by atoms with Gasteiger partial charge in [-0.2, -0.15) is 0 Å². The molecular formula is C60H34N4O2S. The smallest absolute Gasteiger partial charge is 0.165 e. The van der Waals surface area contributed by atoms with Crippen molar-refractivity contribution >= 4 is 86.2 Å². The highest BCUT2D eigenvalue weighted by Crippen LogP contribution is 2.45.